The van der Waals surface area contributed by atoms with Crippen LogP contribution in [0.5, 0.6) is 0 Å². The van der Waals surface area contributed by atoms with Gasteiger partial charge in [0, 0.05) is 36.8 Å². The molecule has 4 rings (SSSR count). The van der Waals surface area contributed by atoms with Crippen molar-refractivity contribution in [3.8, 4) is 12.1 Å². The van der Waals surface area contributed by atoms with Crippen LogP contribution in [-0.2, 0) is 9.59 Å². The summed E-state index contributed by atoms with van der Waals surface area (Å²) in [7, 11) is 0. The van der Waals surface area contributed by atoms with Crippen LogP contribution in [0, 0.1) is 47.3 Å². The van der Waals surface area contributed by atoms with Crippen molar-refractivity contribution >= 4 is 23.1 Å². The number of nitriles is 2. The van der Waals surface area contributed by atoms with Gasteiger partial charge in [-0.05, 0) is 64.5 Å². The lowest BCUT2D eigenvalue weighted by Gasteiger charge is -2.17. The van der Waals surface area contributed by atoms with Gasteiger partial charge in [-0.15, -0.1) is 0 Å². The van der Waals surface area contributed by atoms with E-state index in [1.165, 1.54) is 0 Å². The number of rotatable bonds is 8. The lowest BCUT2D eigenvalue weighted by Crippen LogP contribution is -2.24. The number of nitrogens with zero attached hydrogens (tertiary/aromatic N) is 2. The van der Waals surface area contributed by atoms with Crippen molar-refractivity contribution in [3.05, 3.63) is 70.8 Å². The Balaban J connectivity index is 0.000000211. The molecule has 0 N–H and O–H groups in total. The van der Waals surface area contributed by atoms with Crippen molar-refractivity contribution in [2.45, 2.75) is 78.1 Å². The van der Waals surface area contributed by atoms with Crippen LogP contribution in [0.1, 0.15) is 96.1 Å². The van der Waals surface area contributed by atoms with Gasteiger partial charge in [0.1, 0.15) is 10.8 Å². The van der Waals surface area contributed by atoms with Gasteiger partial charge in [-0.1, -0.05) is 47.5 Å². The fourth-order valence-electron chi connectivity index (χ4n) is 5.32. The topological polar surface area (TPSA) is 116 Å². The Morgan fingerprint density at radius 1 is 0.737 bits per heavy atom. The highest BCUT2D eigenvalue weighted by Crippen LogP contribution is 2.39. The molecule has 0 saturated heterocycles. The van der Waals surface area contributed by atoms with E-state index >= 15 is 0 Å². The first-order chi connectivity index (χ1) is 18.1. The second kappa shape index (κ2) is 12.6. The Morgan fingerprint density at radius 3 is 1.42 bits per heavy atom. The third-order valence-electron chi connectivity index (χ3n) is 7.75. The number of hydrogen-bond acceptors (Lipinski definition) is 6. The molecule has 38 heavy (non-hydrogen) atoms. The Labute approximate surface area is 224 Å². The summed E-state index contributed by atoms with van der Waals surface area (Å²) in [5.74, 6) is 0.0372. The summed E-state index contributed by atoms with van der Waals surface area (Å²) in [6.07, 6.45) is 4.94. The van der Waals surface area contributed by atoms with E-state index in [1.807, 2.05) is 50.2 Å². The molecule has 0 heterocycles. The zero-order valence-electron chi connectivity index (χ0n) is 22.2. The van der Waals surface area contributed by atoms with E-state index < -0.39 is 10.8 Å². The summed E-state index contributed by atoms with van der Waals surface area (Å²) in [4.78, 5) is 47.8. The van der Waals surface area contributed by atoms with Crippen LogP contribution in [0.25, 0.3) is 0 Å². The maximum absolute atomic E-state index is 12.1. The number of ketones is 4. The number of hydrogen-bond donors (Lipinski definition) is 0. The first kappa shape index (κ1) is 28.7. The minimum atomic E-state index is -0.903. The van der Waals surface area contributed by atoms with E-state index in [0.717, 1.165) is 24.0 Å². The van der Waals surface area contributed by atoms with E-state index in [2.05, 4.69) is 12.1 Å². The molecule has 0 radical (unpaired) electrons. The van der Waals surface area contributed by atoms with E-state index in [9.17, 15) is 29.7 Å². The molecular weight excluding hydrogens is 476 g/mol. The third kappa shape index (κ3) is 6.69. The predicted octanol–water partition coefficient (Wildman–Crippen LogP) is 6.44. The molecule has 0 aliphatic heterocycles. The zero-order chi connectivity index (χ0) is 27.8. The molecular formula is C32H34N2O4. The summed E-state index contributed by atoms with van der Waals surface area (Å²) >= 11 is 0. The summed E-state index contributed by atoms with van der Waals surface area (Å²) in [5.41, 5.74) is 1.60. The first-order valence-corrected chi connectivity index (χ1v) is 13.2. The number of benzene rings is 2. The van der Waals surface area contributed by atoms with Crippen LogP contribution >= 0.6 is 0 Å². The SMILES string of the molecule is Cc1cccc(C(=O)CC[C@@]2(C#N)CCCC2=O)c1.Cc1cccc(C(=O)CC[C@@]2(C#N)CCCC2=O)c1. The maximum Gasteiger partial charge on any atom is 0.162 e. The van der Waals surface area contributed by atoms with E-state index in [-0.39, 0.29) is 36.0 Å². The van der Waals surface area contributed by atoms with Crippen LogP contribution in [0.4, 0.5) is 0 Å². The Bertz CT molecular complexity index is 1210. The van der Waals surface area contributed by atoms with Gasteiger partial charge in [0.15, 0.2) is 23.1 Å². The molecule has 2 aromatic carbocycles. The predicted molar refractivity (Wildman–Crippen MR) is 143 cm³/mol. The van der Waals surface area contributed by atoms with Crippen molar-refractivity contribution in [1.82, 2.24) is 0 Å². The quantitative estimate of drug-likeness (QED) is 0.377. The second-order valence-corrected chi connectivity index (χ2v) is 10.5. The Hall–Kier alpha value is -3.90. The molecule has 196 valence electrons. The molecule has 0 bridgehead atoms. The standard InChI is InChI=1S/2C16H17NO2/c2*1-12-4-2-5-13(10-12)14(18)7-9-16(11-17)8-3-6-15(16)19/h2*2,4-5,10H,3,6-9H2,1H3/t2*16-/m11/s1. The number of carbonyl (C=O) groups is 4. The van der Waals surface area contributed by atoms with Crippen molar-refractivity contribution in [3.63, 3.8) is 0 Å². The van der Waals surface area contributed by atoms with Gasteiger partial charge in [0.05, 0.1) is 12.1 Å². The molecule has 2 aliphatic carbocycles. The average Bonchev–Trinajstić information content (AvgIpc) is 3.48. The Morgan fingerprint density at radius 2 is 1.13 bits per heavy atom. The molecule has 6 nitrogen and oxygen atoms in total. The van der Waals surface area contributed by atoms with Crippen molar-refractivity contribution < 1.29 is 19.2 Å². The molecule has 2 aliphatic rings. The van der Waals surface area contributed by atoms with Crippen LogP contribution in [0.2, 0.25) is 0 Å². The van der Waals surface area contributed by atoms with Gasteiger partial charge in [-0.2, -0.15) is 10.5 Å². The molecule has 2 atom stereocenters. The monoisotopic (exact) mass is 510 g/mol. The molecule has 0 aromatic heterocycles. The van der Waals surface area contributed by atoms with Crippen LogP contribution in [0.3, 0.4) is 0 Å². The normalized spacial score (nSPS) is 22.2. The molecule has 2 fully saturated rings. The summed E-state index contributed by atoms with van der Waals surface area (Å²) < 4.78 is 0. The number of aryl methyl sites for hydroxylation is 2. The average molecular weight is 511 g/mol. The van der Waals surface area contributed by atoms with E-state index in [1.54, 1.807) is 12.1 Å². The first-order valence-electron chi connectivity index (χ1n) is 13.2. The van der Waals surface area contributed by atoms with Gasteiger partial charge >= 0.3 is 0 Å². The maximum atomic E-state index is 12.1. The highest BCUT2D eigenvalue weighted by Gasteiger charge is 2.43. The van der Waals surface area contributed by atoms with Crippen LogP contribution in [-0.4, -0.2) is 23.1 Å². The summed E-state index contributed by atoms with van der Waals surface area (Å²) in [5, 5.41) is 18.5. The van der Waals surface area contributed by atoms with Crippen molar-refractivity contribution in [2.24, 2.45) is 10.8 Å². The summed E-state index contributed by atoms with van der Waals surface area (Å²) in [6, 6.07) is 19.1. The molecule has 0 spiro atoms. The molecule has 0 amide bonds. The number of Topliss-reactive ketones (excluding diaryl/α,β-unsaturated/α-hetero) is 4. The fourth-order valence-corrected chi connectivity index (χ4v) is 5.32. The van der Waals surface area contributed by atoms with Gasteiger partial charge < -0.3 is 0 Å². The van der Waals surface area contributed by atoms with E-state index in [0.29, 0.717) is 49.7 Å². The molecule has 6 heteroatoms. The highest BCUT2D eigenvalue weighted by atomic mass is 16.1. The summed E-state index contributed by atoms with van der Waals surface area (Å²) in [6.45, 7) is 3.88. The minimum absolute atomic E-state index is 0.00652. The van der Waals surface area contributed by atoms with Gasteiger partial charge in [0.2, 0.25) is 0 Å². The molecule has 0 unspecified atom stereocenters. The van der Waals surface area contributed by atoms with E-state index in [4.69, 9.17) is 0 Å². The van der Waals surface area contributed by atoms with Crippen molar-refractivity contribution in [1.29, 1.82) is 10.5 Å². The molecule has 2 aromatic rings. The highest BCUT2D eigenvalue weighted by molar-refractivity contribution is 5.98. The lowest BCUT2D eigenvalue weighted by molar-refractivity contribution is -0.124. The Kier molecular flexibility index (Phi) is 9.48. The number of carbonyl (C=O) groups excluding carboxylic acids is 4. The smallest absolute Gasteiger partial charge is 0.162 e. The fraction of sp³-hybridized carbons (Fsp3) is 0.438. The zero-order valence-corrected chi connectivity index (χ0v) is 22.2. The largest absolute Gasteiger partial charge is 0.298 e. The minimum Gasteiger partial charge on any atom is -0.298 e. The van der Waals surface area contributed by atoms with Crippen LogP contribution in [0.15, 0.2) is 48.5 Å². The lowest BCUT2D eigenvalue weighted by atomic mass is 9.81. The van der Waals surface area contributed by atoms with Gasteiger partial charge in [0.25, 0.3) is 0 Å². The third-order valence-corrected chi connectivity index (χ3v) is 7.75. The second-order valence-electron chi connectivity index (χ2n) is 10.5. The molecule has 2 saturated carbocycles. The van der Waals surface area contributed by atoms with Gasteiger partial charge in [-0.3, -0.25) is 19.2 Å². The van der Waals surface area contributed by atoms with Crippen molar-refractivity contribution in [2.75, 3.05) is 0 Å². The van der Waals surface area contributed by atoms with Crippen LogP contribution < -0.4 is 0 Å². The van der Waals surface area contributed by atoms with Gasteiger partial charge in [-0.25, -0.2) is 0 Å².